The Hall–Kier alpha value is -1.43. The molecule has 31 heavy (non-hydrogen) atoms. The standard InChI is InChI=1S/C26H36N2O3/c1-18-7-6-10-25(2)15-21-22(23-26(18,25)31-23)20(24(29)30-21)17-28-13-11-27(12-14-28)16-19-8-4-3-5-9-19/h3-5,8-9,18,20-23H,6-7,10-17H2,1-2H3/t18-,20+,21-,22+,23+,25+,26-/m1/s1. The Labute approximate surface area is 186 Å². The molecule has 7 atom stereocenters. The number of rotatable bonds is 4. The summed E-state index contributed by atoms with van der Waals surface area (Å²) in [6.07, 6.45) is 5.02. The molecular weight excluding hydrogens is 388 g/mol. The molecule has 0 N–H and O–H groups in total. The molecule has 0 radical (unpaired) electrons. The number of esters is 1. The first kappa shape index (κ1) is 20.2. The van der Waals surface area contributed by atoms with E-state index >= 15 is 0 Å². The molecule has 5 fully saturated rings. The molecule has 5 nitrogen and oxygen atoms in total. The first-order valence-corrected chi connectivity index (χ1v) is 12.4. The average Bonchev–Trinajstić information content (AvgIpc) is 3.45. The lowest BCUT2D eigenvalue weighted by Gasteiger charge is -2.49. The van der Waals surface area contributed by atoms with Crippen molar-refractivity contribution in [2.24, 2.45) is 23.2 Å². The summed E-state index contributed by atoms with van der Waals surface area (Å²) in [5, 5.41) is 0. The quantitative estimate of drug-likeness (QED) is 0.548. The Morgan fingerprint density at radius 1 is 1.10 bits per heavy atom. The van der Waals surface area contributed by atoms with Gasteiger partial charge in [-0.15, -0.1) is 0 Å². The molecule has 2 saturated carbocycles. The Morgan fingerprint density at radius 2 is 1.84 bits per heavy atom. The van der Waals surface area contributed by atoms with Crippen molar-refractivity contribution < 1.29 is 14.3 Å². The van der Waals surface area contributed by atoms with Crippen molar-refractivity contribution in [2.45, 2.75) is 63.9 Å². The van der Waals surface area contributed by atoms with Gasteiger partial charge in [-0.05, 0) is 30.7 Å². The summed E-state index contributed by atoms with van der Waals surface area (Å²) >= 11 is 0. The van der Waals surface area contributed by atoms with Crippen molar-refractivity contribution in [1.29, 1.82) is 0 Å². The Morgan fingerprint density at radius 3 is 2.61 bits per heavy atom. The van der Waals surface area contributed by atoms with Gasteiger partial charge in [0.25, 0.3) is 0 Å². The highest BCUT2D eigenvalue weighted by Crippen LogP contribution is 2.70. The van der Waals surface area contributed by atoms with E-state index in [1.807, 2.05) is 0 Å². The van der Waals surface area contributed by atoms with Gasteiger partial charge >= 0.3 is 5.97 Å². The molecule has 6 rings (SSSR count). The molecule has 0 unspecified atom stereocenters. The molecule has 168 valence electrons. The Kier molecular flexibility index (Phi) is 4.75. The van der Waals surface area contributed by atoms with Gasteiger partial charge in [0.05, 0.1) is 12.0 Å². The van der Waals surface area contributed by atoms with Crippen LogP contribution in [0, 0.1) is 23.2 Å². The Bertz CT molecular complexity index is 838. The fourth-order valence-corrected chi connectivity index (χ4v) is 7.69. The van der Waals surface area contributed by atoms with Crippen molar-refractivity contribution >= 4 is 5.97 Å². The summed E-state index contributed by atoms with van der Waals surface area (Å²) in [4.78, 5) is 18.0. The number of carbonyl (C=O) groups is 1. The third-order valence-electron chi connectivity index (χ3n) is 9.36. The van der Waals surface area contributed by atoms with Crippen LogP contribution in [-0.2, 0) is 20.8 Å². The number of ether oxygens (including phenoxy) is 2. The smallest absolute Gasteiger partial charge is 0.311 e. The molecule has 3 saturated heterocycles. The highest BCUT2D eigenvalue weighted by Gasteiger charge is 2.78. The van der Waals surface area contributed by atoms with Crippen LogP contribution in [0.4, 0.5) is 0 Å². The fraction of sp³-hybridized carbons (Fsp3) is 0.731. The maximum Gasteiger partial charge on any atom is 0.311 e. The summed E-state index contributed by atoms with van der Waals surface area (Å²) in [7, 11) is 0. The lowest BCUT2D eigenvalue weighted by Crippen LogP contribution is -2.55. The number of hydrogen-bond donors (Lipinski definition) is 0. The SMILES string of the molecule is C[C@@H]1CCC[C@@]2(C)C[C@H]3OC(=O)[C@@H](CN4CCN(Cc5ccccc5)CC4)[C@@H]3[C@@H]3O[C@]132. The topological polar surface area (TPSA) is 45.3 Å². The van der Waals surface area contributed by atoms with Crippen LogP contribution in [0.2, 0.25) is 0 Å². The molecule has 0 bridgehead atoms. The number of carbonyl (C=O) groups excluding carboxylic acids is 1. The van der Waals surface area contributed by atoms with E-state index in [0.29, 0.717) is 5.92 Å². The summed E-state index contributed by atoms with van der Waals surface area (Å²) in [5.74, 6) is 0.856. The zero-order chi connectivity index (χ0) is 21.2. The molecule has 1 aromatic carbocycles. The van der Waals surface area contributed by atoms with E-state index in [1.54, 1.807) is 0 Å². The van der Waals surface area contributed by atoms with Gasteiger partial charge in [0.2, 0.25) is 0 Å². The first-order valence-electron chi connectivity index (χ1n) is 12.4. The molecule has 5 heteroatoms. The van der Waals surface area contributed by atoms with Crippen LogP contribution < -0.4 is 0 Å². The number of epoxide rings is 1. The zero-order valence-electron chi connectivity index (χ0n) is 19.0. The van der Waals surface area contributed by atoms with E-state index < -0.39 is 0 Å². The van der Waals surface area contributed by atoms with Crippen LogP contribution in [0.5, 0.6) is 0 Å². The summed E-state index contributed by atoms with van der Waals surface area (Å²) < 4.78 is 12.6. The molecule has 2 aliphatic carbocycles. The number of fused-ring (bicyclic) bond motifs is 2. The van der Waals surface area contributed by atoms with Crippen molar-refractivity contribution in [3.05, 3.63) is 35.9 Å². The third kappa shape index (κ3) is 3.11. The second kappa shape index (κ2) is 7.29. The van der Waals surface area contributed by atoms with Gasteiger partial charge in [-0.25, -0.2) is 0 Å². The minimum atomic E-state index is -0.0197. The highest BCUT2D eigenvalue weighted by molar-refractivity contribution is 5.76. The van der Waals surface area contributed by atoms with E-state index in [0.717, 1.165) is 45.7 Å². The van der Waals surface area contributed by atoms with Gasteiger partial charge in [0.15, 0.2) is 0 Å². The van der Waals surface area contributed by atoms with Crippen LogP contribution >= 0.6 is 0 Å². The largest absolute Gasteiger partial charge is 0.462 e. The predicted molar refractivity (Wildman–Crippen MR) is 118 cm³/mol. The molecule has 0 aromatic heterocycles. The average molecular weight is 425 g/mol. The van der Waals surface area contributed by atoms with Crippen molar-refractivity contribution in [3.8, 4) is 0 Å². The van der Waals surface area contributed by atoms with Crippen LogP contribution in [0.15, 0.2) is 30.3 Å². The van der Waals surface area contributed by atoms with E-state index in [9.17, 15) is 4.79 Å². The maximum absolute atomic E-state index is 13.0. The molecular formula is C26H36N2O3. The van der Waals surface area contributed by atoms with Crippen molar-refractivity contribution in [1.82, 2.24) is 9.80 Å². The van der Waals surface area contributed by atoms with Crippen LogP contribution in [0.1, 0.15) is 45.1 Å². The van der Waals surface area contributed by atoms with E-state index in [-0.39, 0.29) is 41.0 Å². The Balaban J connectivity index is 1.11. The van der Waals surface area contributed by atoms with Crippen LogP contribution in [-0.4, -0.2) is 66.3 Å². The molecule has 3 aliphatic heterocycles. The van der Waals surface area contributed by atoms with E-state index in [2.05, 4.69) is 54.0 Å². The number of benzene rings is 1. The van der Waals surface area contributed by atoms with Gasteiger partial charge in [-0.3, -0.25) is 14.6 Å². The maximum atomic E-state index is 13.0. The van der Waals surface area contributed by atoms with Gasteiger partial charge in [-0.2, -0.15) is 0 Å². The minimum Gasteiger partial charge on any atom is -0.462 e. The number of nitrogens with zero attached hydrogens (tertiary/aromatic N) is 2. The lowest BCUT2D eigenvalue weighted by atomic mass is 9.53. The second-order valence-electron chi connectivity index (χ2n) is 11.1. The van der Waals surface area contributed by atoms with Crippen LogP contribution in [0.25, 0.3) is 0 Å². The number of piperazine rings is 1. The van der Waals surface area contributed by atoms with Gasteiger partial charge < -0.3 is 9.47 Å². The van der Waals surface area contributed by atoms with Crippen LogP contribution in [0.3, 0.4) is 0 Å². The summed E-state index contributed by atoms with van der Waals surface area (Å²) in [6.45, 7) is 10.8. The van der Waals surface area contributed by atoms with Gasteiger partial charge in [-0.1, -0.05) is 50.6 Å². The minimum absolute atomic E-state index is 0.00697. The molecule has 5 aliphatic rings. The van der Waals surface area contributed by atoms with Gasteiger partial charge in [0, 0.05) is 50.6 Å². The normalized spacial score (nSPS) is 44.8. The summed E-state index contributed by atoms with van der Waals surface area (Å²) in [5.41, 5.74) is 1.56. The molecule has 1 spiro atoms. The van der Waals surface area contributed by atoms with E-state index in [1.165, 1.54) is 24.8 Å². The predicted octanol–water partition coefficient (Wildman–Crippen LogP) is 3.33. The second-order valence-corrected chi connectivity index (χ2v) is 11.1. The monoisotopic (exact) mass is 424 g/mol. The molecule has 1 aromatic rings. The van der Waals surface area contributed by atoms with E-state index in [4.69, 9.17) is 9.47 Å². The highest BCUT2D eigenvalue weighted by atomic mass is 16.6. The summed E-state index contributed by atoms with van der Waals surface area (Å²) in [6, 6.07) is 10.7. The van der Waals surface area contributed by atoms with Crippen molar-refractivity contribution in [3.63, 3.8) is 0 Å². The van der Waals surface area contributed by atoms with Gasteiger partial charge in [0.1, 0.15) is 11.7 Å². The molecule has 3 heterocycles. The van der Waals surface area contributed by atoms with Crippen molar-refractivity contribution in [2.75, 3.05) is 32.7 Å². The lowest BCUT2D eigenvalue weighted by molar-refractivity contribution is -0.146. The number of hydrogen-bond acceptors (Lipinski definition) is 5. The molecule has 0 amide bonds. The third-order valence-corrected chi connectivity index (χ3v) is 9.36. The fourth-order valence-electron chi connectivity index (χ4n) is 7.69. The first-order chi connectivity index (χ1) is 15.0. The zero-order valence-corrected chi connectivity index (χ0v) is 19.0.